The lowest BCUT2D eigenvalue weighted by atomic mass is 10.1. The third-order valence-corrected chi connectivity index (χ3v) is 4.35. The van der Waals surface area contributed by atoms with Crippen molar-refractivity contribution in [3.05, 3.63) is 59.7 Å². The minimum absolute atomic E-state index is 0.0236. The Morgan fingerprint density at radius 3 is 1.58 bits per heavy atom. The molecule has 0 fully saturated rings. The number of nitrogens with two attached hydrogens (primary N) is 4. The Bertz CT molecular complexity index is 826. The molecule has 0 saturated carbocycles. The van der Waals surface area contributed by atoms with Gasteiger partial charge in [-0.1, -0.05) is 24.3 Å². The van der Waals surface area contributed by atoms with E-state index in [0.717, 1.165) is 11.1 Å². The first kappa shape index (κ1) is 25.7. The minimum Gasteiger partial charge on any atom is -0.449 e. The number of rotatable bonds is 12. The van der Waals surface area contributed by atoms with Gasteiger partial charge in [0.1, 0.15) is 12.3 Å². The van der Waals surface area contributed by atoms with E-state index in [1.165, 1.54) is 0 Å². The number of amides is 2. The van der Waals surface area contributed by atoms with E-state index in [4.69, 9.17) is 37.1 Å². The summed E-state index contributed by atoms with van der Waals surface area (Å²) in [6.45, 7) is 0.309. The van der Waals surface area contributed by atoms with E-state index in [9.17, 15) is 9.59 Å². The second kappa shape index (κ2) is 13.8. The number of hydrogen-bond acceptors (Lipinski definition) is 9. The Morgan fingerprint density at radius 1 is 0.758 bits per heavy atom. The fourth-order valence-corrected chi connectivity index (χ4v) is 2.81. The van der Waals surface area contributed by atoms with Gasteiger partial charge in [0.15, 0.2) is 0 Å². The average molecular weight is 461 g/mol. The van der Waals surface area contributed by atoms with Crippen molar-refractivity contribution in [2.24, 2.45) is 11.5 Å². The van der Waals surface area contributed by atoms with Gasteiger partial charge in [-0.25, -0.2) is 9.59 Å². The quantitative estimate of drug-likeness (QED) is 0.195. The molecule has 2 aromatic rings. The standard InChI is InChI=1S/C22H32N6O5/c23-17-5-1-3-15(11-17)7-9-32-21(29)27-19(25)13-31-14-20(26)28-22(30)33-10-8-16-4-2-6-18(24)12-16/h1-6,11-12,19-20H,7-10,13-14,23-26H2,(H,27,29)(H,28,30). The second-order valence-electron chi connectivity index (χ2n) is 7.30. The molecule has 0 aliphatic carbocycles. The number of nitrogen functional groups attached to an aromatic ring is 2. The largest absolute Gasteiger partial charge is 0.449 e. The van der Waals surface area contributed by atoms with Crippen molar-refractivity contribution in [2.45, 2.75) is 25.2 Å². The molecule has 11 nitrogen and oxygen atoms in total. The van der Waals surface area contributed by atoms with E-state index >= 15 is 0 Å². The van der Waals surface area contributed by atoms with Crippen molar-refractivity contribution in [2.75, 3.05) is 37.9 Å². The van der Waals surface area contributed by atoms with Crippen molar-refractivity contribution >= 4 is 23.6 Å². The normalized spacial score (nSPS) is 12.4. The van der Waals surface area contributed by atoms with Crippen LogP contribution in [0.2, 0.25) is 0 Å². The number of benzene rings is 2. The Hall–Kier alpha value is -3.54. The fourth-order valence-electron chi connectivity index (χ4n) is 2.81. The number of alkyl carbamates (subject to hydrolysis) is 2. The molecule has 0 aromatic heterocycles. The van der Waals surface area contributed by atoms with Gasteiger partial charge in [-0.05, 0) is 35.4 Å². The Morgan fingerprint density at radius 2 is 1.18 bits per heavy atom. The van der Waals surface area contributed by atoms with Crippen LogP contribution in [0.3, 0.4) is 0 Å². The summed E-state index contributed by atoms with van der Waals surface area (Å²) >= 11 is 0. The summed E-state index contributed by atoms with van der Waals surface area (Å²) in [5.74, 6) is 0. The van der Waals surface area contributed by atoms with Crippen LogP contribution in [0.1, 0.15) is 11.1 Å². The Balaban J connectivity index is 1.52. The van der Waals surface area contributed by atoms with Crippen LogP contribution in [-0.4, -0.2) is 50.9 Å². The highest BCUT2D eigenvalue weighted by Crippen LogP contribution is 2.08. The molecule has 0 aliphatic heterocycles. The van der Waals surface area contributed by atoms with Crippen LogP contribution in [0.25, 0.3) is 0 Å². The molecule has 2 amide bonds. The molecule has 0 heterocycles. The maximum atomic E-state index is 11.8. The van der Waals surface area contributed by atoms with Gasteiger partial charge in [0.2, 0.25) is 0 Å². The molecule has 0 saturated heterocycles. The zero-order valence-corrected chi connectivity index (χ0v) is 18.4. The molecule has 33 heavy (non-hydrogen) atoms. The number of ether oxygens (including phenoxy) is 3. The highest BCUT2D eigenvalue weighted by atomic mass is 16.6. The molecule has 0 bridgehead atoms. The van der Waals surface area contributed by atoms with Crippen LogP contribution >= 0.6 is 0 Å². The lowest BCUT2D eigenvalue weighted by molar-refractivity contribution is 0.0833. The first-order valence-electron chi connectivity index (χ1n) is 10.5. The fraction of sp³-hybridized carbons (Fsp3) is 0.364. The van der Waals surface area contributed by atoms with Crippen LogP contribution in [0.15, 0.2) is 48.5 Å². The zero-order chi connectivity index (χ0) is 24.1. The van der Waals surface area contributed by atoms with Crippen molar-refractivity contribution in [1.82, 2.24) is 10.6 Å². The molecule has 11 heteroatoms. The van der Waals surface area contributed by atoms with Gasteiger partial charge < -0.3 is 47.8 Å². The van der Waals surface area contributed by atoms with Crippen molar-refractivity contribution in [3.63, 3.8) is 0 Å². The van der Waals surface area contributed by atoms with E-state index in [0.29, 0.717) is 24.2 Å². The first-order chi connectivity index (χ1) is 15.8. The molecule has 2 unspecified atom stereocenters. The lowest BCUT2D eigenvalue weighted by Gasteiger charge is -2.17. The summed E-state index contributed by atoms with van der Waals surface area (Å²) in [6, 6.07) is 14.6. The van der Waals surface area contributed by atoms with E-state index in [-0.39, 0.29) is 26.4 Å². The summed E-state index contributed by atoms with van der Waals surface area (Å²) in [5.41, 5.74) is 26.2. The smallest absolute Gasteiger partial charge is 0.408 e. The van der Waals surface area contributed by atoms with Gasteiger partial charge in [0, 0.05) is 24.2 Å². The monoisotopic (exact) mass is 460 g/mol. The Labute approximate surface area is 192 Å². The number of hydrogen-bond donors (Lipinski definition) is 6. The Kier molecular flexibility index (Phi) is 10.7. The van der Waals surface area contributed by atoms with E-state index < -0.39 is 24.5 Å². The van der Waals surface area contributed by atoms with Gasteiger partial charge in [0.05, 0.1) is 26.4 Å². The number of carbonyl (C=O) groups is 2. The second-order valence-corrected chi connectivity index (χ2v) is 7.30. The van der Waals surface area contributed by atoms with Crippen LogP contribution in [0.4, 0.5) is 21.0 Å². The SMILES string of the molecule is Nc1cccc(CCOC(=O)NC(N)COCC(N)NC(=O)OCCc2cccc(N)c2)c1. The predicted molar refractivity (Wildman–Crippen MR) is 125 cm³/mol. The number of anilines is 2. The lowest BCUT2D eigenvalue weighted by Crippen LogP contribution is -2.48. The third kappa shape index (κ3) is 11.1. The molecule has 0 radical (unpaired) electrons. The maximum Gasteiger partial charge on any atom is 0.408 e. The molecule has 2 rings (SSSR count). The third-order valence-electron chi connectivity index (χ3n) is 4.35. The van der Waals surface area contributed by atoms with Gasteiger partial charge in [-0.2, -0.15) is 0 Å². The number of carbonyl (C=O) groups excluding carboxylic acids is 2. The zero-order valence-electron chi connectivity index (χ0n) is 18.4. The molecule has 2 atom stereocenters. The topological polar surface area (TPSA) is 190 Å². The van der Waals surface area contributed by atoms with Crippen LogP contribution in [-0.2, 0) is 27.1 Å². The minimum atomic E-state index is -0.803. The summed E-state index contributed by atoms with van der Waals surface area (Å²) < 4.78 is 15.5. The summed E-state index contributed by atoms with van der Waals surface area (Å²) in [5, 5.41) is 4.89. The van der Waals surface area contributed by atoms with Gasteiger partial charge in [-0.15, -0.1) is 0 Å². The molecular formula is C22H32N6O5. The first-order valence-corrected chi connectivity index (χ1v) is 10.5. The molecular weight excluding hydrogens is 428 g/mol. The molecule has 180 valence electrons. The van der Waals surface area contributed by atoms with Gasteiger partial charge in [-0.3, -0.25) is 0 Å². The van der Waals surface area contributed by atoms with Crippen molar-refractivity contribution < 1.29 is 23.8 Å². The summed E-state index contributed by atoms with van der Waals surface area (Å²) in [6.07, 6.45) is -1.88. The molecule has 0 spiro atoms. The highest BCUT2D eigenvalue weighted by molar-refractivity contribution is 5.67. The van der Waals surface area contributed by atoms with E-state index in [2.05, 4.69) is 10.6 Å². The number of nitrogens with one attached hydrogen (secondary N) is 2. The average Bonchev–Trinajstić information content (AvgIpc) is 2.73. The summed E-state index contributed by atoms with van der Waals surface area (Å²) in [4.78, 5) is 23.6. The van der Waals surface area contributed by atoms with Crippen LogP contribution < -0.4 is 33.6 Å². The van der Waals surface area contributed by atoms with Crippen LogP contribution in [0.5, 0.6) is 0 Å². The van der Waals surface area contributed by atoms with Crippen molar-refractivity contribution in [3.8, 4) is 0 Å². The highest BCUT2D eigenvalue weighted by Gasteiger charge is 2.12. The maximum absolute atomic E-state index is 11.8. The summed E-state index contributed by atoms with van der Waals surface area (Å²) in [7, 11) is 0. The van der Waals surface area contributed by atoms with Gasteiger partial charge in [0.25, 0.3) is 0 Å². The molecule has 0 aliphatic rings. The van der Waals surface area contributed by atoms with E-state index in [1.54, 1.807) is 12.1 Å². The molecule has 10 N–H and O–H groups in total. The van der Waals surface area contributed by atoms with Crippen LogP contribution in [0, 0.1) is 0 Å². The molecule has 2 aromatic carbocycles. The van der Waals surface area contributed by atoms with E-state index in [1.807, 2.05) is 36.4 Å². The predicted octanol–water partition coefficient (Wildman–Crippen LogP) is 0.675. The van der Waals surface area contributed by atoms with Gasteiger partial charge >= 0.3 is 12.2 Å². The van der Waals surface area contributed by atoms with Crippen molar-refractivity contribution in [1.29, 1.82) is 0 Å².